The molecule has 0 saturated heterocycles. The zero-order chi connectivity index (χ0) is 20.3. The van der Waals surface area contributed by atoms with E-state index in [4.69, 9.17) is 4.74 Å². The summed E-state index contributed by atoms with van der Waals surface area (Å²) >= 11 is 0. The first-order chi connectivity index (χ1) is 13.2. The highest BCUT2D eigenvalue weighted by atomic mass is 16.5. The highest BCUT2D eigenvalue weighted by Gasteiger charge is 2.61. The summed E-state index contributed by atoms with van der Waals surface area (Å²) in [7, 11) is 0. The van der Waals surface area contributed by atoms with Crippen LogP contribution in [-0.2, 0) is 14.3 Å². The minimum atomic E-state index is -0.150. The number of rotatable bonds is 3. The maximum Gasteiger partial charge on any atom is 0.302 e. The molecule has 1 unspecified atom stereocenters. The van der Waals surface area contributed by atoms with Gasteiger partial charge >= 0.3 is 5.97 Å². The molecule has 0 aromatic heterocycles. The summed E-state index contributed by atoms with van der Waals surface area (Å²) in [5.74, 6) is 3.25. The Kier molecular flexibility index (Phi) is 5.03. The predicted octanol–water partition coefficient (Wildman–Crippen LogP) is 5.72. The number of hydrogen-bond acceptors (Lipinski definition) is 3. The lowest BCUT2D eigenvalue weighted by Gasteiger charge is -2.58. The van der Waals surface area contributed by atoms with Crippen LogP contribution in [0.5, 0.6) is 0 Å². The van der Waals surface area contributed by atoms with E-state index in [1.165, 1.54) is 26.2 Å². The molecule has 0 aliphatic heterocycles. The lowest BCUT2D eigenvalue weighted by atomic mass is 9.47. The average Bonchev–Trinajstić information content (AvgIpc) is 2.94. The number of ketones is 1. The Labute approximate surface area is 170 Å². The fourth-order valence-corrected chi connectivity index (χ4v) is 8.34. The van der Waals surface area contributed by atoms with E-state index in [2.05, 4.69) is 26.8 Å². The van der Waals surface area contributed by atoms with E-state index >= 15 is 0 Å². The van der Waals surface area contributed by atoms with Gasteiger partial charge in [-0.2, -0.15) is 0 Å². The Bertz CT molecular complexity index is 694. The van der Waals surface area contributed by atoms with Gasteiger partial charge < -0.3 is 4.74 Å². The number of carbonyl (C=O) groups is 2. The third-order valence-corrected chi connectivity index (χ3v) is 9.53. The molecule has 4 rings (SSSR count). The molecular weight excluding hydrogens is 348 g/mol. The smallest absolute Gasteiger partial charge is 0.302 e. The second-order valence-electron chi connectivity index (χ2n) is 10.8. The summed E-state index contributed by atoms with van der Waals surface area (Å²) in [6.07, 6.45) is 11.6. The summed E-state index contributed by atoms with van der Waals surface area (Å²) in [6.45, 7) is 10.6. The van der Waals surface area contributed by atoms with E-state index in [1.54, 1.807) is 5.57 Å². The van der Waals surface area contributed by atoms with Crippen molar-refractivity contribution >= 4 is 11.8 Å². The van der Waals surface area contributed by atoms with Crippen molar-refractivity contribution in [3.63, 3.8) is 0 Å². The van der Waals surface area contributed by atoms with Crippen LogP contribution in [0.4, 0.5) is 0 Å². The lowest BCUT2D eigenvalue weighted by molar-refractivity contribution is -0.149. The molecule has 3 saturated carbocycles. The third kappa shape index (κ3) is 2.91. The molecule has 0 bridgehead atoms. The molecule has 3 nitrogen and oxygen atoms in total. The monoisotopic (exact) mass is 386 g/mol. The Morgan fingerprint density at radius 2 is 1.89 bits per heavy atom. The van der Waals surface area contributed by atoms with Crippen molar-refractivity contribution in [1.29, 1.82) is 0 Å². The van der Waals surface area contributed by atoms with E-state index in [0.29, 0.717) is 17.6 Å². The lowest BCUT2D eigenvalue weighted by Crippen LogP contribution is -2.51. The largest absolute Gasteiger partial charge is 0.462 e. The van der Waals surface area contributed by atoms with Gasteiger partial charge in [-0.3, -0.25) is 9.59 Å². The van der Waals surface area contributed by atoms with E-state index in [1.807, 2.05) is 6.92 Å². The normalized spacial score (nSPS) is 47.4. The summed E-state index contributed by atoms with van der Waals surface area (Å²) < 4.78 is 5.56. The highest BCUT2D eigenvalue weighted by Crippen LogP contribution is 2.67. The zero-order valence-corrected chi connectivity index (χ0v) is 18.4. The Morgan fingerprint density at radius 1 is 1.14 bits per heavy atom. The number of fused-ring (bicyclic) bond motifs is 5. The van der Waals surface area contributed by atoms with Crippen molar-refractivity contribution in [1.82, 2.24) is 0 Å². The second-order valence-corrected chi connectivity index (χ2v) is 10.8. The molecule has 0 aromatic rings. The van der Waals surface area contributed by atoms with Gasteiger partial charge in [-0.25, -0.2) is 0 Å². The average molecular weight is 387 g/mol. The maximum atomic E-state index is 12.6. The van der Waals surface area contributed by atoms with E-state index in [0.717, 1.165) is 43.9 Å². The summed E-state index contributed by atoms with van der Waals surface area (Å²) in [4.78, 5) is 24.0. The predicted molar refractivity (Wildman–Crippen MR) is 111 cm³/mol. The first-order valence-corrected chi connectivity index (χ1v) is 11.6. The van der Waals surface area contributed by atoms with Crippen molar-refractivity contribution in [3.05, 3.63) is 11.6 Å². The molecule has 3 fully saturated rings. The van der Waals surface area contributed by atoms with Gasteiger partial charge in [0.15, 0.2) is 0 Å². The third-order valence-electron chi connectivity index (χ3n) is 9.53. The van der Waals surface area contributed by atoms with Crippen LogP contribution in [0, 0.1) is 40.4 Å². The molecule has 0 N–H and O–H groups in total. The van der Waals surface area contributed by atoms with Crippen LogP contribution in [0.1, 0.15) is 86.0 Å². The number of ether oxygens (including phenoxy) is 1. The molecule has 28 heavy (non-hydrogen) atoms. The molecule has 0 amide bonds. The first kappa shape index (κ1) is 20.2. The van der Waals surface area contributed by atoms with Crippen molar-refractivity contribution in [3.8, 4) is 0 Å². The van der Waals surface area contributed by atoms with E-state index < -0.39 is 0 Å². The molecular formula is C25H38O3. The molecule has 0 radical (unpaired) electrons. The van der Waals surface area contributed by atoms with Crippen LogP contribution in [0.3, 0.4) is 0 Å². The molecule has 4 aliphatic carbocycles. The van der Waals surface area contributed by atoms with Crippen LogP contribution < -0.4 is 0 Å². The van der Waals surface area contributed by atoms with Crippen molar-refractivity contribution in [2.75, 3.05) is 0 Å². The minimum Gasteiger partial charge on any atom is -0.462 e. The van der Waals surface area contributed by atoms with E-state index in [9.17, 15) is 9.59 Å². The minimum absolute atomic E-state index is 0.0697. The topological polar surface area (TPSA) is 43.4 Å². The number of hydrogen-bond donors (Lipinski definition) is 0. The first-order valence-electron chi connectivity index (χ1n) is 11.6. The molecule has 0 heterocycles. The highest BCUT2D eigenvalue weighted by molar-refractivity contribution is 5.80. The van der Waals surface area contributed by atoms with Gasteiger partial charge in [0.2, 0.25) is 0 Å². The van der Waals surface area contributed by atoms with Crippen molar-refractivity contribution in [2.45, 2.75) is 92.1 Å². The Hall–Kier alpha value is -1.12. The zero-order valence-electron chi connectivity index (χ0n) is 18.4. The van der Waals surface area contributed by atoms with Crippen LogP contribution in [0.25, 0.3) is 0 Å². The van der Waals surface area contributed by atoms with Gasteiger partial charge in [0.25, 0.3) is 0 Å². The van der Waals surface area contributed by atoms with Crippen LogP contribution in [0.2, 0.25) is 0 Å². The number of Topliss-reactive ketones (excluding diaryl/α,β-unsaturated/α-hetero) is 1. The number of esters is 1. The number of allylic oxidation sites excluding steroid dienone is 1. The van der Waals surface area contributed by atoms with Crippen molar-refractivity contribution in [2.24, 2.45) is 40.4 Å². The van der Waals surface area contributed by atoms with Crippen LogP contribution >= 0.6 is 0 Å². The van der Waals surface area contributed by atoms with Gasteiger partial charge in [-0.05, 0) is 80.0 Å². The SMILES string of the molecule is CC[C@@H]1C[C@H]2[C@@H]3CC=C4CC(OC(C)=O)CC[C@]4(C)[C@H]3CC[C@]2(C)[C@H]1C(C)=O. The summed E-state index contributed by atoms with van der Waals surface area (Å²) in [5, 5.41) is 0. The second kappa shape index (κ2) is 6.99. The van der Waals surface area contributed by atoms with Gasteiger partial charge in [-0.1, -0.05) is 38.8 Å². The van der Waals surface area contributed by atoms with Gasteiger partial charge in [0.1, 0.15) is 11.9 Å². The Balaban J connectivity index is 1.61. The molecule has 0 spiro atoms. The fraction of sp³-hybridized carbons (Fsp3) is 0.840. The molecule has 3 heteroatoms. The maximum absolute atomic E-state index is 12.6. The number of carbonyl (C=O) groups excluding carboxylic acids is 2. The molecule has 0 aromatic carbocycles. The fourth-order valence-electron chi connectivity index (χ4n) is 8.34. The Morgan fingerprint density at radius 3 is 2.54 bits per heavy atom. The standard InChI is InChI=1S/C25H38O3/c1-6-17-13-22-20-8-7-18-14-19(28-16(3)27)9-11-24(18,4)21(20)10-12-25(22,5)23(17)15(2)26/h7,17,19-23H,6,8-14H2,1-5H3/t17-,19?,20-,21+,22+,23+,24+,25+/m1/s1. The van der Waals surface area contributed by atoms with Crippen molar-refractivity contribution < 1.29 is 14.3 Å². The molecule has 8 atom stereocenters. The van der Waals surface area contributed by atoms with Gasteiger partial charge in [0, 0.05) is 19.3 Å². The summed E-state index contributed by atoms with van der Waals surface area (Å²) in [5.41, 5.74) is 2.00. The molecule has 156 valence electrons. The van der Waals surface area contributed by atoms with Crippen LogP contribution in [0.15, 0.2) is 11.6 Å². The van der Waals surface area contributed by atoms with Gasteiger partial charge in [-0.15, -0.1) is 0 Å². The van der Waals surface area contributed by atoms with Gasteiger partial charge in [0.05, 0.1) is 0 Å². The quantitative estimate of drug-likeness (QED) is 0.460. The van der Waals surface area contributed by atoms with Crippen LogP contribution in [-0.4, -0.2) is 17.9 Å². The van der Waals surface area contributed by atoms with E-state index in [-0.39, 0.29) is 28.8 Å². The summed E-state index contributed by atoms with van der Waals surface area (Å²) in [6, 6.07) is 0. The molecule has 4 aliphatic rings.